The first-order valence-corrected chi connectivity index (χ1v) is 12.8. The fourth-order valence-corrected chi connectivity index (χ4v) is 5.71. The van der Waals surface area contributed by atoms with Gasteiger partial charge < -0.3 is 19.5 Å². The van der Waals surface area contributed by atoms with Gasteiger partial charge in [-0.3, -0.25) is 14.9 Å². The summed E-state index contributed by atoms with van der Waals surface area (Å²) in [6, 6.07) is 13.7. The number of benzene rings is 2. The van der Waals surface area contributed by atoms with Crippen LogP contribution in [0, 0.1) is 10.1 Å². The van der Waals surface area contributed by atoms with E-state index >= 15 is 0 Å². The Balaban J connectivity index is 1.54. The molecule has 1 saturated heterocycles. The number of hydrogen-bond donors (Lipinski definition) is 1. The number of non-ortho nitro benzene ring substituents is 1. The summed E-state index contributed by atoms with van der Waals surface area (Å²) < 4.78 is 16.8. The predicted molar refractivity (Wildman–Crippen MR) is 139 cm³/mol. The zero-order chi connectivity index (χ0) is 26.8. The molecule has 2 aromatic rings. The maximum Gasteiger partial charge on any atom is 0.336 e. The van der Waals surface area contributed by atoms with Crippen LogP contribution in [0.15, 0.2) is 71.1 Å². The van der Waals surface area contributed by atoms with Gasteiger partial charge in [0.2, 0.25) is 0 Å². The van der Waals surface area contributed by atoms with Crippen LogP contribution in [0.2, 0.25) is 0 Å². The third-order valence-electron chi connectivity index (χ3n) is 7.46. The number of rotatable bonds is 7. The Kier molecular flexibility index (Phi) is 7.28. The van der Waals surface area contributed by atoms with Crippen LogP contribution in [0.3, 0.4) is 0 Å². The molecule has 1 aliphatic carbocycles. The minimum atomic E-state index is -0.783. The normalized spacial score (nSPS) is 23.1. The van der Waals surface area contributed by atoms with Crippen molar-refractivity contribution in [2.45, 2.75) is 50.5 Å². The molecule has 0 bridgehead atoms. The van der Waals surface area contributed by atoms with Crippen molar-refractivity contribution >= 4 is 17.4 Å². The van der Waals surface area contributed by atoms with Crippen LogP contribution in [0.1, 0.15) is 55.6 Å². The number of nitrogens with one attached hydrogen (secondary N) is 1. The number of Topliss-reactive ketones (excluding diaryl/α,β-unsaturated/α-hetero) is 1. The molecule has 0 amide bonds. The standard InChI is InChI=1S/C29H30N2O7/c1-17-26(29(33)38-16-21-9-6-12-37-21)27(18-7-5-8-20(13-18)31(34)35)28-23(30-17)14-19(15-24(28)32)22-10-3-4-11-25(22)36-2/h3-5,7-8,10-11,13,19,21,27,30H,6,9,12,14-16H2,1-2H3/t19-,21-,27+/m1/s1. The van der Waals surface area contributed by atoms with Crippen molar-refractivity contribution < 1.29 is 28.7 Å². The van der Waals surface area contributed by atoms with Crippen LogP contribution in [-0.2, 0) is 19.1 Å². The number of esters is 1. The molecule has 2 aliphatic heterocycles. The Bertz CT molecular complexity index is 1340. The monoisotopic (exact) mass is 518 g/mol. The number of carbonyl (C=O) groups excluding carboxylic acids is 2. The van der Waals surface area contributed by atoms with Gasteiger partial charge in [-0.15, -0.1) is 0 Å². The van der Waals surface area contributed by atoms with Crippen molar-refractivity contribution in [1.29, 1.82) is 0 Å². The van der Waals surface area contributed by atoms with E-state index in [2.05, 4.69) is 5.32 Å². The lowest BCUT2D eigenvalue weighted by Gasteiger charge is -2.37. The molecule has 5 rings (SSSR count). The van der Waals surface area contributed by atoms with Crippen LogP contribution in [0.4, 0.5) is 5.69 Å². The summed E-state index contributed by atoms with van der Waals surface area (Å²) in [7, 11) is 1.60. The molecule has 3 aliphatic rings. The molecule has 0 unspecified atom stereocenters. The molecular formula is C29H30N2O7. The van der Waals surface area contributed by atoms with Crippen molar-refractivity contribution in [2.24, 2.45) is 0 Å². The molecule has 1 N–H and O–H groups in total. The summed E-state index contributed by atoms with van der Waals surface area (Å²) in [5.74, 6) is -0.868. The molecule has 0 radical (unpaired) electrons. The number of para-hydroxylation sites is 1. The van der Waals surface area contributed by atoms with Crippen LogP contribution < -0.4 is 10.1 Å². The summed E-state index contributed by atoms with van der Waals surface area (Å²) in [6.45, 7) is 2.53. The van der Waals surface area contributed by atoms with Crippen LogP contribution >= 0.6 is 0 Å². The average molecular weight is 519 g/mol. The van der Waals surface area contributed by atoms with Crippen molar-refractivity contribution in [3.63, 3.8) is 0 Å². The zero-order valence-corrected chi connectivity index (χ0v) is 21.4. The number of hydrogen-bond acceptors (Lipinski definition) is 8. The number of ether oxygens (including phenoxy) is 3. The molecule has 38 heavy (non-hydrogen) atoms. The summed E-state index contributed by atoms with van der Waals surface area (Å²) >= 11 is 0. The molecule has 9 nitrogen and oxygen atoms in total. The van der Waals surface area contributed by atoms with Gasteiger partial charge in [-0.25, -0.2) is 4.79 Å². The average Bonchev–Trinajstić information content (AvgIpc) is 3.44. The molecule has 2 aromatic carbocycles. The number of nitro benzene ring substituents is 1. The quantitative estimate of drug-likeness (QED) is 0.319. The summed E-state index contributed by atoms with van der Waals surface area (Å²) in [5, 5.41) is 14.9. The van der Waals surface area contributed by atoms with Gasteiger partial charge >= 0.3 is 5.97 Å². The smallest absolute Gasteiger partial charge is 0.336 e. The van der Waals surface area contributed by atoms with Crippen molar-refractivity contribution in [3.05, 3.63) is 92.3 Å². The third kappa shape index (κ3) is 4.93. The first-order valence-electron chi connectivity index (χ1n) is 12.8. The summed E-state index contributed by atoms with van der Waals surface area (Å²) in [5.41, 5.74) is 3.33. The molecule has 3 atom stereocenters. The Morgan fingerprint density at radius 2 is 2.00 bits per heavy atom. The largest absolute Gasteiger partial charge is 0.496 e. The fourth-order valence-electron chi connectivity index (χ4n) is 5.71. The molecule has 0 spiro atoms. The number of carbonyl (C=O) groups is 2. The van der Waals surface area contributed by atoms with Crippen molar-refractivity contribution in [3.8, 4) is 5.75 Å². The summed E-state index contributed by atoms with van der Waals surface area (Å²) in [4.78, 5) is 38.3. The van der Waals surface area contributed by atoms with Gasteiger partial charge in [-0.05, 0) is 43.4 Å². The molecule has 198 valence electrons. The Hall–Kier alpha value is -3.98. The van der Waals surface area contributed by atoms with E-state index in [1.807, 2.05) is 24.3 Å². The third-order valence-corrected chi connectivity index (χ3v) is 7.46. The van der Waals surface area contributed by atoms with E-state index in [0.29, 0.717) is 41.3 Å². The van der Waals surface area contributed by atoms with E-state index in [4.69, 9.17) is 14.2 Å². The molecule has 2 heterocycles. The molecule has 0 aromatic heterocycles. The first-order chi connectivity index (χ1) is 18.4. The predicted octanol–water partition coefficient (Wildman–Crippen LogP) is 4.69. The van der Waals surface area contributed by atoms with Gasteiger partial charge in [-0.1, -0.05) is 30.3 Å². The highest BCUT2D eigenvalue weighted by atomic mass is 16.6. The Labute approximate surface area is 220 Å². The molecule has 9 heteroatoms. The number of methoxy groups -OCH3 is 1. The van der Waals surface area contributed by atoms with Crippen molar-refractivity contribution in [2.75, 3.05) is 20.3 Å². The van der Waals surface area contributed by atoms with Gasteiger partial charge in [0.15, 0.2) is 5.78 Å². The number of dihydropyridines is 1. The lowest BCUT2D eigenvalue weighted by atomic mass is 9.71. The van der Waals surface area contributed by atoms with Gasteiger partial charge in [0.25, 0.3) is 5.69 Å². The number of nitrogens with zero attached hydrogens (tertiary/aromatic N) is 1. The van der Waals surface area contributed by atoms with E-state index in [0.717, 1.165) is 18.4 Å². The topological polar surface area (TPSA) is 117 Å². The SMILES string of the molecule is COc1ccccc1[C@H]1CC(=O)C2=C(C1)NC(C)=C(C(=O)OC[C@H]1CCCO1)[C@@H]2c1cccc([N+](=O)[O-])c1. The number of nitro groups is 1. The van der Waals surface area contributed by atoms with E-state index in [9.17, 15) is 19.7 Å². The van der Waals surface area contributed by atoms with E-state index < -0.39 is 16.8 Å². The first kappa shape index (κ1) is 25.7. The zero-order valence-electron chi connectivity index (χ0n) is 21.4. The lowest BCUT2D eigenvalue weighted by molar-refractivity contribution is -0.384. The van der Waals surface area contributed by atoms with E-state index in [-0.39, 0.29) is 42.1 Å². The van der Waals surface area contributed by atoms with Gasteiger partial charge in [0, 0.05) is 54.0 Å². The highest BCUT2D eigenvalue weighted by Crippen LogP contribution is 2.47. The highest BCUT2D eigenvalue weighted by Gasteiger charge is 2.42. The second-order valence-corrected chi connectivity index (χ2v) is 9.84. The van der Waals surface area contributed by atoms with Gasteiger partial charge in [0.1, 0.15) is 12.4 Å². The maximum absolute atomic E-state index is 13.8. The van der Waals surface area contributed by atoms with E-state index in [1.165, 1.54) is 12.1 Å². The molecule has 1 fully saturated rings. The highest BCUT2D eigenvalue weighted by molar-refractivity contribution is 6.04. The summed E-state index contributed by atoms with van der Waals surface area (Å²) in [6.07, 6.45) is 2.34. The van der Waals surface area contributed by atoms with Crippen LogP contribution in [0.25, 0.3) is 0 Å². The van der Waals surface area contributed by atoms with Crippen molar-refractivity contribution in [1.82, 2.24) is 5.32 Å². The second-order valence-electron chi connectivity index (χ2n) is 9.84. The molecule has 0 saturated carbocycles. The fraction of sp³-hybridized carbons (Fsp3) is 0.379. The van der Waals surface area contributed by atoms with Gasteiger partial charge in [0.05, 0.1) is 23.7 Å². The number of ketones is 1. The Morgan fingerprint density at radius 3 is 2.74 bits per heavy atom. The Morgan fingerprint density at radius 1 is 1.18 bits per heavy atom. The molecular weight excluding hydrogens is 488 g/mol. The second kappa shape index (κ2) is 10.8. The van der Waals surface area contributed by atoms with Crippen LogP contribution in [-0.4, -0.2) is 43.1 Å². The minimum absolute atomic E-state index is 0.108. The van der Waals surface area contributed by atoms with Gasteiger partial charge in [-0.2, -0.15) is 0 Å². The lowest BCUT2D eigenvalue weighted by Crippen LogP contribution is -2.36. The van der Waals surface area contributed by atoms with E-state index in [1.54, 1.807) is 26.2 Å². The maximum atomic E-state index is 13.8. The minimum Gasteiger partial charge on any atom is -0.496 e. The number of allylic oxidation sites excluding steroid dienone is 3. The van der Waals surface area contributed by atoms with Crippen LogP contribution in [0.5, 0.6) is 5.75 Å².